The predicted octanol–water partition coefficient (Wildman–Crippen LogP) is 4.43. The summed E-state index contributed by atoms with van der Waals surface area (Å²) >= 11 is 0. The van der Waals surface area contributed by atoms with Crippen molar-refractivity contribution in [3.63, 3.8) is 0 Å². The van der Waals surface area contributed by atoms with Crippen molar-refractivity contribution in [2.75, 3.05) is 6.54 Å². The van der Waals surface area contributed by atoms with Crippen LogP contribution in [0.5, 0.6) is 5.75 Å². The van der Waals surface area contributed by atoms with Gasteiger partial charge in [-0.2, -0.15) is 5.26 Å². The van der Waals surface area contributed by atoms with Crippen LogP contribution < -0.4 is 4.74 Å². The van der Waals surface area contributed by atoms with Gasteiger partial charge in [-0.15, -0.1) is 0 Å². The number of hydrogen-bond acceptors (Lipinski definition) is 3. The molecule has 4 nitrogen and oxygen atoms in total. The molecule has 0 aliphatic heterocycles. The van der Waals surface area contributed by atoms with Crippen molar-refractivity contribution in [1.29, 1.82) is 5.26 Å². The lowest BCUT2D eigenvalue weighted by Gasteiger charge is -2.20. The van der Waals surface area contributed by atoms with Gasteiger partial charge in [0.15, 0.2) is 0 Å². The van der Waals surface area contributed by atoms with Crippen LogP contribution in [0.25, 0.3) is 0 Å². The van der Waals surface area contributed by atoms with Crippen LogP contribution >= 0.6 is 0 Å². The van der Waals surface area contributed by atoms with E-state index in [-0.39, 0.29) is 12.5 Å². The maximum atomic E-state index is 12.8. The van der Waals surface area contributed by atoms with Gasteiger partial charge in [0.25, 0.3) is 5.91 Å². The van der Waals surface area contributed by atoms with E-state index in [2.05, 4.69) is 6.07 Å². The third-order valence-corrected chi connectivity index (χ3v) is 4.11. The molecule has 0 aromatic heterocycles. The molecule has 27 heavy (non-hydrogen) atoms. The summed E-state index contributed by atoms with van der Waals surface area (Å²) in [5.74, 6) is 0.528. The van der Waals surface area contributed by atoms with Crippen LogP contribution in [0, 0.1) is 11.3 Å². The fraction of sp³-hybridized carbons (Fsp3) is 0.130. The molecule has 0 spiro atoms. The van der Waals surface area contributed by atoms with E-state index in [0.717, 1.165) is 11.1 Å². The molecule has 1 amide bonds. The van der Waals surface area contributed by atoms with Gasteiger partial charge in [0.2, 0.25) is 0 Å². The Labute approximate surface area is 159 Å². The standard InChI is InChI=1S/C23H20N2O2/c24-15-16-25(17-19-7-3-1-4-8-19)23(26)21-11-13-22(14-12-21)27-18-20-9-5-2-6-10-20/h1-14H,16-18H2. The summed E-state index contributed by atoms with van der Waals surface area (Å²) in [6.45, 7) is 0.919. The van der Waals surface area contributed by atoms with Crippen LogP contribution in [0.15, 0.2) is 84.9 Å². The van der Waals surface area contributed by atoms with Gasteiger partial charge in [0.05, 0.1) is 6.07 Å². The first kappa shape index (κ1) is 18.2. The lowest BCUT2D eigenvalue weighted by molar-refractivity contribution is 0.0765. The third kappa shape index (κ3) is 5.20. The second-order valence-electron chi connectivity index (χ2n) is 6.10. The number of benzene rings is 3. The van der Waals surface area contributed by atoms with Gasteiger partial charge >= 0.3 is 0 Å². The molecular formula is C23H20N2O2. The number of nitrogens with zero attached hydrogens (tertiary/aromatic N) is 2. The number of hydrogen-bond donors (Lipinski definition) is 0. The second kappa shape index (κ2) is 9.21. The Morgan fingerprint density at radius 3 is 2.04 bits per heavy atom. The van der Waals surface area contributed by atoms with Crippen molar-refractivity contribution in [3.8, 4) is 11.8 Å². The lowest BCUT2D eigenvalue weighted by atomic mass is 10.1. The Bertz CT molecular complexity index is 901. The number of carbonyl (C=O) groups is 1. The molecule has 0 aliphatic rings. The summed E-state index contributed by atoms with van der Waals surface area (Å²) in [6, 6.07) is 28.7. The van der Waals surface area contributed by atoms with Gasteiger partial charge < -0.3 is 9.64 Å². The molecule has 3 aromatic rings. The smallest absolute Gasteiger partial charge is 0.255 e. The topological polar surface area (TPSA) is 53.3 Å². The molecule has 0 saturated carbocycles. The van der Waals surface area contributed by atoms with Crippen molar-refractivity contribution in [1.82, 2.24) is 4.90 Å². The van der Waals surface area contributed by atoms with Crippen LogP contribution in [0.2, 0.25) is 0 Å². The molecule has 0 fully saturated rings. The molecule has 0 radical (unpaired) electrons. The first-order valence-corrected chi connectivity index (χ1v) is 8.73. The first-order valence-electron chi connectivity index (χ1n) is 8.73. The minimum atomic E-state index is -0.171. The number of carbonyl (C=O) groups excluding carboxylic acids is 1. The van der Waals surface area contributed by atoms with Gasteiger partial charge in [-0.3, -0.25) is 4.79 Å². The van der Waals surface area contributed by atoms with Crippen LogP contribution in [-0.4, -0.2) is 17.4 Å². The highest BCUT2D eigenvalue weighted by molar-refractivity contribution is 5.94. The van der Waals surface area contributed by atoms with Crippen LogP contribution in [-0.2, 0) is 13.2 Å². The third-order valence-electron chi connectivity index (χ3n) is 4.11. The highest BCUT2D eigenvalue weighted by atomic mass is 16.5. The Hall–Kier alpha value is -3.58. The fourth-order valence-corrected chi connectivity index (χ4v) is 2.71. The van der Waals surface area contributed by atoms with Gasteiger partial charge in [0, 0.05) is 12.1 Å². The minimum Gasteiger partial charge on any atom is -0.489 e. The summed E-state index contributed by atoms with van der Waals surface area (Å²) in [7, 11) is 0. The molecule has 0 bridgehead atoms. The molecule has 134 valence electrons. The Morgan fingerprint density at radius 1 is 0.852 bits per heavy atom. The largest absolute Gasteiger partial charge is 0.489 e. The summed E-state index contributed by atoms with van der Waals surface area (Å²) in [6.07, 6.45) is 0. The SMILES string of the molecule is N#CCN(Cc1ccccc1)C(=O)c1ccc(OCc2ccccc2)cc1. The second-order valence-corrected chi connectivity index (χ2v) is 6.10. The van der Waals surface area contributed by atoms with Crippen LogP contribution in [0.3, 0.4) is 0 Å². The van der Waals surface area contributed by atoms with Crippen molar-refractivity contribution < 1.29 is 9.53 Å². The van der Waals surface area contributed by atoms with E-state index in [1.165, 1.54) is 4.90 Å². The number of nitriles is 1. The van der Waals surface area contributed by atoms with Crippen molar-refractivity contribution >= 4 is 5.91 Å². The average Bonchev–Trinajstić information content (AvgIpc) is 2.73. The molecular weight excluding hydrogens is 336 g/mol. The molecule has 0 heterocycles. The summed E-state index contributed by atoms with van der Waals surface area (Å²) in [4.78, 5) is 14.3. The maximum absolute atomic E-state index is 12.8. The zero-order valence-corrected chi connectivity index (χ0v) is 14.9. The van der Waals surface area contributed by atoms with E-state index in [1.807, 2.05) is 60.7 Å². The van der Waals surface area contributed by atoms with Gasteiger partial charge in [-0.05, 0) is 35.4 Å². The molecule has 3 rings (SSSR count). The van der Waals surface area contributed by atoms with Gasteiger partial charge in [0.1, 0.15) is 18.9 Å². The van der Waals surface area contributed by atoms with Crippen molar-refractivity contribution in [2.24, 2.45) is 0 Å². The zero-order chi connectivity index (χ0) is 18.9. The summed E-state index contributed by atoms with van der Waals surface area (Å²) < 4.78 is 5.75. The predicted molar refractivity (Wildman–Crippen MR) is 104 cm³/mol. The van der Waals surface area contributed by atoms with E-state index < -0.39 is 0 Å². The van der Waals surface area contributed by atoms with E-state index in [1.54, 1.807) is 24.3 Å². The highest BCUT2D eigenvalue weighted by Crippen LogP contribution is 2.16. The molecule has 0 unspecified atom stereocenters. The molecule has 4 heteroatoms. The maximum Gasteiger partial charge on any atom is 0.255 e. The molecule has 0 saturated heterocycles. The lowest BCUT2D eigenvalue weighted by Crippen LogP contribution is -2.30. The van der Waals surface area contributed by atoms with E-state index in [4.69, 9.17) is 10.00 Å². The quantitative estimate of drug-likeness (QED) is 0.589. The van der Waals surface area contributed by atoms with E-state index in [9.17, 15) is 4.79 Å². The van der Waals surface area contributed by atoms with Crippen LogP contribution in [0.4, 0.5) is 0 Å². The number of rotatable bonds is 7. The first-order chi connectivity index (χ1) is 13.3. The normalized spacial score (nSPS) is 10.0. The van der Waals surface area contributed by atoms with Crippen molar-refractivity contribution in [2.45, 2.75) is 13.2 Å². The number of amides is 1. The highest BCUT2D eigenvalue weighted by Gasteiger charge is 2.16. The fourth-order valence-electron chi connectivity index (χ4n) is 2.71. The Balaban J connectivity index is 1.65. The zero-order valence-electron chi connectivity index (χ0n) is 14.9. The number of ether oxygens (including phenoxy) is 1. The van der Waals surface area contributed by atoms with E-state index in [0.29, 0.717) is 24.5 Å². The molecule has 0 N–H and O–H groups in total. The molecule has 0 aliphatic carbocycles. The van der Waals surface area contributed by atoms with Gasteiger partial charge in [-0.25, -0.2) is 0 Å². The Morgan fingerprint density at radius 2 is 1.44 bits per heavy atom. The molecule has 3 aromatic carbocycles. The monoisotopic (exact) mass is 356 g/mol. The Kier molecular flexibility index (Phi) is 6.21. The van der Waals surface area contributed by atoms with E-state index >= 15 is 0 Å². The summed E-state index contributed by atoms with van der Waals surface area (Å²) in [5, 5.41) is 9.07. The summed E-state index contributed by atoms with van der Waals surface area (Å²) in [5.41, 5.74) is 2.61. The average molecular weight is 356 g/mol. The van der Waals surface area contributed by atoms with Gasteiger partial charge in [-0.1, -0.05) is 60.7 Å². The minimum absolute atomic E-state index is 0.0417. The van der Waals surface area contributed by atoms with Crippen molar-refractivity contribution in [3.05, 3.63) is 102 Å². The molecule has 0 atom stereocenters. The van der Waals surface area contributed by atoms with Crippen LogP contribution in [0.1, 0.15) is 21.5 Å².